The number of hydrogen-bond acceptors (Lipinski definition) is 3. The largest absolute Gasteiger partial charge is 0.481 e. The van der Waals surface area contributed by atoms with Gasteiger partial charge in [0.05, 0.1) is 12.1 Å². The number of rotatable bonds is 11. The summed E-state index contributed by atoms with van der Waals surface area (Å²) >= 11 is 6.10. The second-order valence-electron chi connectivity index (χ2n) is 10.1. The molecule has 1 fully saturated rings. The van der Waals surface area contributed by atoms with Gasteiger partial charge in [0.15, 0.2) is 0 Å². The minimum absolute atomic E-state index is 0.0622. The van der Waals surface area contributed by atoms with E-state index in [9.17, 15) is 14.7 Å². The van der Waals surface area contributed by atoms with Gasteiger partial charge in [-0.3, -0.25) is 9.59 Å². The summed E-state index contributed by atoms with van der Waals surface area (Å²) < 4.78 is 0. The van der Waals surface area contributed by atoms with Gasteiger partial charge in [0.25, 0.3) is 0 Å². The highest BCUT2D eigenvalue weighted by atomic mass is 35.5. The molecule has 0 radical (unpaired) electrons. The fourth-order valence-electron chi connectivity index (χ4n) is 4.80. The Bertz CT molecular complexity index is 1080. The van der Waals surface area contributed by atoms with Crippen LogP contribution in [0.2, 0.25) is 5.02 Å². The highest BCUT2D eigenvalue weighted by molar-refractivity contribution is 6.30. The van der Waals surface area contributed by atoms with Crippen molar-refractivity contribution in [2.24, 2.45) is 5.41 Å². The molecule has 1 unspecified atom stereocenters. The Morgan fingerprint density at radius 3 is 2.63 bits per heavy atom. The number of aliphatic hydroxyl groups excluding tert-OH is 1. The molecule has 0 bridgehead atoms. The van der Waals surface area contributed by atoms with Gasteiger partial charge in [-0.2, -0.15) is 0 Å². The van der Waals surface area contributed by atoms with E-state index in [1.54, 1.807) is 6.08 Å². The van der Waals surface area contributed by atoms with E-state index in [0.29, 0.717) is 24.4 Å². The van der Waals surface area contributed by atoms with E-state index in [2.05, 4.69) is 0 Å². The lowest BCUT2D eigenvalue weighted by molar-refractivity contribution is -0.137. The Labute approximate surface area is 213 Å². The Balaban J connectivity index is 1.66. The maximum atomic E-state index is 13.0. The van der Waals surface area contributed by atoms with Gasteiger partial charge in [-0.1, -0.05) is 74.7 Å². The fraction of sp³-hybridized carbons (Fsp3) is 0.448. The van der Waals surface area contributed by atoms with Crippen LogP contribution in [0.25, 0.3) is 11.1 Å². The molecule has 6 heteroatoms. The molecule has 1 saturated heterocycles. The van der Waals surface area contributed by atoms with Crippen molar-refractivity contribution in [1.29, 1.82) is 0 Å². The average Bonchev–Trinajstić information content (AvgIpc) is 3.02. The van der Waals surface area contributed by atoms with E-state index < -0.39 is 17.5 Å². The lowest BCUT2D eigenvalue weighted by Crippen LogP contribution is -2.35. The molecule has 1 aliphatic rings. The van der Waals surface area contributed by atoms with Crippen molar-refractivity contribution in [3.05, 3.63) is 70.8 Å². The van der Waals surface area contributed by atoms with Crippen LogP contribution in [0.15, 0.2) is 54.6 Å². The fourth-order valence-corrected chi connectivity index (χ4v) is 5.02. The van der Waals surface area contributed by atoms with Crippen molar-refractivity contribution in [2.45, 2.75) is 71.4 Å². The standard InChI is InChI=1S/C29H36ClNO4/c1-20-17-23(30)12-14-25(20)21-9-8-10-22(18-21)26(32)15-13-24-19-29(2,3)28(35)31(24)16-7-5-4-6-11-27(33)34/h8-10,12-15,17-18,24,26,32H,4-7,11,16,19H2,1-3H3,(H,33,34)/t24-,26?/m0/s1. The van der Waals surface area contributed by atoms with E-state index in [1.807, 2.05) is 74.2 Å². The second kappa shape index (κ2) is 11.9. The zero-order valence-electron chi connectivity index (χ0n) is 20.8. The predicted octanol–water partition coefficient (Wildman–Crippen LogP) is 6.57. The molecule has 2 aromatic rings. The van der Waals surface area contributed by atoms with Crippen molar-refractivity contribution >= 4 is 23.5 Å². The first-order valence-corrected chi connectivity index (χ1v) is 12.7. The first-order valence-electron chi connectivity index (χ1n) is 12.3. The van der Waals surface area contributed by atoms with Gasteiger partial charge in [0.1, 0.15) is 0 Å². The number of unbranched alkanes of at least 4 members (excludes halogenated alkanes) is 3. The molecule has 2 aromatic carbocycles. The molecular weight excluding hydrogens is 462 g/mol. The average molecular weight is 498 g/mol. The molecule has 1 aliphatic heterocycles. The maximum Gasteiger partial charge on any atom is 0.303 e. The monoisotopic (exact) mass is 497 g/mol. The number of halogens is 1. The van der Waals surface area contributed by atoms with Crippen molar-refractivity contribution < 1.29 is 19.8 Å². The number of hydrogen-bond donors (Lipinski definition) is 2. The molecule has 0 aromatic heterocycles. The molecule has 5 nitrogen and oxygen atoms in total. The van der Waals surface area contributed by atoms with Crippen LogP contribution in [0.3, 0.4) is 0 Å². The van der Waals surface area contributed by atoms with Gasteiger partial charge in [-0.05, 0) is 66.6 Å². The summed E-state index contributed by atoms with van der Waals surface area (Å²) in [4.78, 5) is 25.5. The van der Waals surface area contributed by atoms with Crippen LogP contribution in [0.5, 0.6) is 0 Å². The van der Waals surface area contributed by atoms with Crippen LogP contribution in [-0.2, 0) is 9.59 Å². The Kier molecular flexibility index (Phi) is 9.15. The molecular formula is C29H36ClNO4. The first kappa shape index (κ1) is 27.0. The third-order valence-corrected chi connectivity index (χ3v) is 6.98. The van der Waals surface area contributed by atoms with Crippen LogP contribution in [0.4, 0.5) is 0 Å². The summed E-state index contributed by atoms with van der Waals surface area (Å²) in [5.74, 6) is -0.633. The van der Waals surface area contributed by atoms with Gasteiger partial charge < -0.3 is 15.1 Å². The molecule has 0 spiro atoms. The van der Waals surface area contributed by atoms with Gasteiger partial charge in [0.2, 0.25) is 5.91 Å². The Morgan fingerprint density at radius 1 is 1.17 bits per heavy atom. The summed E-state index contributed by atoms with van der Waals surface area (Å²) in [6.45, 7) is 6.60. The van der Waals surface area contributed by atoms with Gasteiger partial charge in [0, 0.05) is 23.4 Å². The number of aryl methyl sites for hydroxylation is 1. The van der Waals surface area contributed by atoms with Crippen molar-refractivity contribution in [3.8, 4) is 11.1 Å². The lowest BCUT2D eigenvalue weighted by atomic mass is 9.89. The number of carboxylic acid groups (broad SMARTS) is 1. The van der Waals surface area contributed by atoms with Gasteiger partial charge >= 0.3 is 5.97 Å². The topological polar surface area (TPSA) is 77.8 Å². The highest BCUT2D eigenvalue weighted by Crippen LogP contribution is 2.37. The molecule has 3 rings (SSSR count). The van der Waals surface area contributed by atoms with E-state index in [1.165, 1.54) is 0 Å². The van der Waals surface area contributed by atoms with E-state index in [-0.39, 0.29) is 18.4 Å². The van der Waals surface area contributed by atoms with Crippen molar-refractivity contribution in [2.75, 3.05) is 6.54 Å². The first-order chi connectivity index (χ1) is 16.6. The minimum atomic E-state index is -0.778. The number of carbonyl (C=O) groups is 2. The Hall–Kier alpha value is -2.63. The molecule has 35 heavy (non-hydrogen) atoms. The summed E-state index contributed by atoms with van der Waals surface area (Å²) in [7, 11) is 0. The maximum absolute atomic E-state index is 13.0. The van der Waals surface area contributed by atoms with E-state index in [0.717, 1.165) is 41.5 Å². The molecule has 188 valence electrons. The predicted molar refractivity (Wildman–Crippen MR) is 140 cm³/mol. The molecule has 1 heterocycles. The summed E-state index contributed by atoms with van der Waals surface area (Å²) in [6, 6.07) is 13.6. The number of benzene rings is 2. The van der Waals surface area contributed by atoms with E-state index in [4.69, 9.17) is 16.7 Å². The zero-order chi connectivity index (χ0) is 25.6. The number of carboxylic acids is 1. The normalized spacial score (nSPS) is 18.4. The summed E-state index contributed by atoms with van der Waals surface area (Å²) in [5, 5.41) is 20.4. The third-order valence-electron chi connectivity index (χ3n) is 6.74. The lowest BCUT2D eigenvalue weighted by Gasteiger charge is -2.23. The van der Waals surface area contributed by atoms with Crippen LogP contribution in [-0.4, -0.2) is 39.6 Å². The quantitative estimate of drug-likeness (QED) is 0.272. The SMILES string of the molecule is Cc1cc(Cl)ccc1-c1cccc(C(O)C=C[C@H]2CC(C)(C)C(=O)N2CCCCCCC(=O)O)c1. The number of aliphatic carboxylic acids is 1. The van der Waals surface area contributed by atoms with Crippen molar-refractivity contribution in [3.63, 3.8) is 0 Å². The van der Waals surface area contributed by atoms with Crippen LogP contribution in [0, 0.1) is 12.3 Å². The van der Waals surface area contributed by atoms with Crippen LogP contribution in [0.1, 0.15) is 69.6 Å². The molecule has 2 N–H and O–H groups in total. The molecule has 1 amide bonds. The highest BCUT2D eigenvalue weighted by Gasteiger charge is 2.43. The number of nitrogens with zero attached hydrogens (tertiary/aromatic N) is 1. The van der Waals surface area contributed by atoms with E-state index >= 15 is 0 Å². The van der Waals surface area contributed by atoms with Gasteiger partial charge in [-0.15, -0.1) is 0 Å². The number of carbonyl (C=O) groups excluding carboxylic acids is 1. The third kappa shape index (κ3) is 7.18. The molecule has 0 aliphatic carbocycles. The Morgan fingerprint density at radius 2 is 1.91 bits per heavy atom. The second-order valence-corrected chi connectivity index (χ2v) is 10.6. The smallest absolute Gasteiger partial charge is 0.303 e. The number of amides is 1. The van der Waals surface area contributed by atoms with Gasteiger partial charge in [-0.25, -0.2) is 0 Å². The molecule has 0 saturated carbocycles. The van der Waals surface area contributed by atoms with Crippen LogP contribution < -0.4 is 0 Å². The minimum Gasteiger partial charge on any atom is -0.481 e. The number of aliphatic hydroxyl groups is 1. The molecule has 2 atom stereocenters. The summed E-state index contributed by atoms with van der Waals surface area (Å²) in [5.41, 5.74) is 3.53. The van der Waals surface area contributed by atoms with Crippen molar-refractivity contribution in [1.82, 2.24) is 4.90 Å². The zero-order valence-corrected chi connectivity index (χ0v) is 21.6. The van der Waals surface area contributed by atoms with Crippen LogP contribution >= 0.6 is 11.6 Å². The summed E-state index contributed by atoms with van der Waals surface area (Å²) in [6.07, 6.45) is 7.12. The number of likely N-dealkylation sites (tertiary alicyclic amines) is 1.